The maximum absolute atomic E-state index is 2.72. The first kappa shape index (κ1) is 35.4. The number of alkyl halides is 2. The summed E-state index contributed by atoms with van der Waals surface area (Å²) >= 11 is 4.30. The molecule has 0 spiro atoms. The zero-order valence-corrected chi connectivity index (χ0v) is 30.9. The van der Waals surface area contributed by atoms with Gasteiger partial charge in [0.15, 0.2) is 0 Å². The van der Waals surface area contributed by atoms with E-state index in [4.69, 9.17) is 0 Å². The molecule has 1 aliphatic carbocycles. The van der Waals surface area contributed by atoms with Crippen molar-refractivity contribution in [2.24, 2.45) is 11.3 Å². The van der Waals surface area contributed by atoms with Crippen molar-refractivity contribution in [2.45, 2.75) is 91.0 Å². The van der Waals surface area contributed by atoms with Gasteiger partial charge in [-0.25, -0.2) is 0 Å². The van der Waals surface area contributed by atoms with Crippen LogP contribution in [0.3, 0.4) is 0 Å². The van der Waals surface area contributed by atoms with Crippen molar-refractivity contribution in [1.82, 2.24) is 9.80 Å². The molecular weight excluding hydrogens is 706 g/mol. The number of unbranched alkanes of at least 4 members (excludes halogenated alkanes) is 1. The van der Waals surface area contributed by atoms with Gasteiger partial charge in [0.05, 0.1) is 0 Å². The van der Waals surface area contributed by atoms with E-state index in [2.05, 4.69) is 125 Å². The molecule has 4 rings (SSSR count). The summed E-state index contributed by atoms with van der Waals surface area (Å²) in [6.45, 7) is 18.1. The van der Waals surface area contributed by atoms with Gasteiger partial charge in [-0.2, -0.15) is 0 Å². The molecule has 3 aliphatic rings. The van der Waals surface area contributed by atoms with Gasteiger partial charge in [-0.1, -0.05) is 79.3 Å². The van der Waals surface area contributed by atoms with Gasteiger partial charge in [0.1, 0.15) is 0 Å². The topological polar surface area (TPSA) is 13.0 Å². The van der Waals surface area contributed by atoms with Crippen LogP contribution >= 0.6 is 45.2 Å². The molecule has 2 aliphatic heterocycles. The summed E-state index contributed by atoms with van der Waals surface area (Å²) in [5, 5.41) is 0. The van der Waals surface area contributed by atoms with Crippen LogP contribution in [-0.4, -0.2) is 85.6 Å². The van der Waals surface area contributed by atoms with Crippen LogP contribution in [-0.2, 0) is 0 Å². The molecule has 1 saturated carbocycles. The number of benzene rings is 1. The Morgan fingerprint density at radius 3 is 1.90 bits per heavy atom. The highest BCUT2D eigenvalue weighted by atomic mass is 127. The van der Waals surface area contributed by atoms with Gasteiger partial charge in [-0.05, 0) is 116 Å². The average molecular weight is 767 g/mol. The maximum Gasteiger partial charge on any atom is 0.0404 e. The second kappa shape index (κ2) is 18.0. The molecule has 0 bridgehead atoms. The molecule has 0 unspecified atom stereocenters. The largest absolute Gasteiger partial charge is 0.371 e. The van der Waals surface area contributed by atoms with Crippen LogP contribution in [0.5, 0.6) is 0 Å². The van der Waals surface area contributed by atoms with Crippen molar-refractivity contribution in [3.8, 4) is 0 Å². The van der Waals surface area contributed by atoms with Gasteiger partial charge in [0.25, 0.3) is 0 Å². The molecule has 39 heavy (non-hydrogen) atoms. The van der Waals surface area contributed by atoms with Gasteiger partial charge in [0, 0.05) is 56.7 Å². The highest BCUT2D eigenvalue weighted by molar-refractivity contribution is 14.1. The van der Waals surface area contributed by atoms with Crippen LogP contribution in [0.1, 0.15) is 90.5 Å². The van der Waals surface area contributed by atoms with Crippen molar-refractivity contribution < 1.29 is 0 Å². The standard InChI is InChI=1S/C31H54N4.2CH3I/c1-7-8-17-33-20-22-35(23-21-33)30-14-13-28(34-18-15-27(16-19-34)32(5)6)24-29(30)25-9-11-26(12-10-25)31(2,3)4;2*1-2/h13-14,24-27H,7-12,15-23H2,1-6H3;2*1H3. The predicted octanol–water partition coefficient (Wildman–Crippen LogP) is 8.56. The van der Waals surface area contributed by atoms with Gasteiger partial charge in [-0.15, -0.1) is 0 Å². The monoisotopic (exact) mass is 766 g/mol. The molecule has 0 N–H and O–H groups in total. The second-order valence-corrected chi connectivity index (χ2v) is 13.0. The zero-order chi connectivity index (χ0) is 29.0. The molecule has 6 heteroatoms. The fourth-order valence-electron chi connectivity index (χ4n) is 6.86. The fourth-order valence-corrected chi connectivity index (χ4v) is 6.86. The quantitative estimate of drug-likeness (QED) is 0.204. The molecule has 226 valence electrons. The zero-order valence-electron chi connectivity index (χ0n) is 26.6. The van der Waals surface area contributed by atoms with E-state index in [0.29, 0.717) is 5.41 Å². The van der Waals surface area contributed by atoms with E-state index in [-0.39, 0.29) is 0 Å². The van der Waals surface area contributed by atoms with Crippen LogP contribution in [0.15, 0.2) is 18.2 Å². The lowest BCUT2D eigenvalue weighted by Crippen LogP contribution is -2.47. The fraction of sp³-hybridized carbons (Fsp3) is 0.818. The summed E-state index contributed by atoms with van der Waals surface area (Å²) in [5.41, 5.74) is 5.12. The lowest BCUT2D eigenvalue weighted by Gasteiger charge is -2.41. The molecule has 4 nitrogen and oxygen atoms in total. The molecular formula is C33H60I2N4. The third-order valence-corrected chi connectivity index (χ3v) is 9.50. The molecule has 0 atom stereocenters. The molecule has 1 aromatic carbocycles. The van der Waals surface area contributed by atoms with Gasteiger partial charge >= 0.3 is 0 Å². The molecule has 1 aromatic rings. The van der Waals surface area contributed by atoms with Crippen LogP contribution in [0.2, 0.25) is 0 Å². The number of hydrogen-bond acceptors (Lipinski definition) is 4. The maximum atomic E-state index is 2.72. The summed E-state index contributed by atoms with van der Waals surface area (Å²) in [7, 11) is 4.48. The summed E-state index contributed by atoms with van der Waals surface area (Å²) < 4.78 is 0. The third-order valence-electron chi connectivity index (χ3n) is 9.50. The van der Waals surface area contributed by atoms with E-state index < -0.39 is 0 Å². The molecule has 2 heterocycles. The molecule has 3 fully saturated rings. The first-order chi connectivity index (χ1) is 18.8. The van der Waals surface area contributed by atoms with Crippen LogP contribution < -0.4 is 9.80 Å². The number of hydrogen-bond donors (Lipinski definition) is 0. The summed E-state index contributed by atoms with van der Waals surface area (Å²) in [6.07, 6.45) is 10.7. The van der Waals surface area contributed by atoms with Crippen LogP contribution in [0, 0.1) is 11.3 Å². The van der Waals surface area contributed by atoms with Crippen molar-refractivity contribution in [3.63, 3.8) is 0 Å². The van der Waals surface area contributed by atoms with E-state index in [1.807, 2.05) is 9.86 Å². The van der Waals surface area contributed by atoms with Crippen molar-refractivity contribution >= 4 is 56.6 Å². The van der Waals surface area contributed by atoms with E-state index in [9.17, 15) is 0 Å². The van der Waals surface area contributed by atoms with E-state index >= 15 is 0 Å². The SMILES string of the molecule is CCCCN1CCN(c2ccc(N3CCC(N(C)C)CC3)cc2C2CCC(C(C)(C)C)CC2)CC1.CI.CI. The Kier molecular flexibility index (Phi) is 16.3. The lowest BCUT2D eigenvalue weighted by molar-refractivity contribution is 0.169. The van der Waals surface area contributed by atoms with Crippen LogP contribution in [0.4, 0.5) is 11.4 Å². The van der Waals surface area contributed by atoms with Gasteiger partial charge in [-0.3, -0.25) is 4.90 Å². The Morgan fingerprint density at radius 1 is 0.795 bits per heavy atom. The van der Waals surface area contributed by atoms with Crippen LogP contribution in [0.25, 0.3) is 0 Å². The molecule has 0 amide bonds. The van der Waals surface area contributed by atoms with Crippen molar-refractivity contribution in [2.75, 3.05) is 79.6 Å². The molecule has 0 aromatic heterocycles. The average Bonchev–Trinajstić information content (AvgIpc) is 2.98. The van der Waals surface area contributed by atoms with E-state index in [0.717, 1.165) is 17.9 Å². The molecule has 2 saturated heterocycles. The van der Waals surface area contributed by atoms with Crippen molar-refractivity contribution in [3.05, 3.63) is 23.8 Å². The highest BCUT2D eigenvalue weighted by Gasteiger charge is 2.32. The minimum absolute atomic E-state index is 0.446. The normalized spacial score (nSPS) is 23.2. The Morgan fingerprint density at radius 2 is 1.38 bits per heavy atom. The summed E-state index contributed by atoms with van der Waals surface area (Å²) in [5.74, 6) is 1.60. The number of piperidine rings is 1. The van der Waals surface area contributed by atoms with E-state index in [1.54, 1.807) is 11.3 Å². The second-order valence-electron chi connectivity index (χ2n) is 13.0. The third kappa shape index (κ3) is 10.5. The smallest absolute Gasteiger partial charge is 0.0404 e. The van der Waals surface area contributed by atoms with Crippen molar-refractivity contribution in [1.29, 1.82) is 0 Å². The van der Waals surface area contributed by atoms with Gasteiger partial charge < -0.3 is 14.7 Å². The summed E-state index contributed by atoms with van der Waals surface area (Å²) in [6, 6.07) is 8.30. The Bertz CT molecular complexity index is 785. The lowest BCUT2D eigenvalue weighted by atomic mass is 9.68. The van der Waals surface area contributed by atoms with E-state index in [1.165, 1.54) is 103 Å². The number of nitrogens with zero attached hydrogens (tertiary/aromatic N) is 4. The highest BCUT2D eigenvalue weighted by Crippen LogP contribution is 2.46. The number of halogens is 2. The number of rotatable bonds is 7. The number of piperazine rings is 1. The number of anilines is 2. The predicted molar refractivity (Wildman–Crippen MR) is 193 cm³/mol. The summed E-state index contributed by atoms with van der Waals surface area (Å²) in [4.78, 5) is 14.4. The first-order valence-electron chi connectivity index (χ1n) is 15.5. The Hall–Kier alpha value is 0.200. The Labute approximate surface area is 270 Å². The Balaban J connectivity index is 0.00000127. The molecule has 0 radical (unpaired) electrons. The first-order valence-corrected chi connectivity index (χ1v) is 19.9. The minimum atomic E-state index is 0.446. The van der Waals surface area contributed by atoms with Gasteiger partial charge in [0.2, 0.25) is 0 Å². The minimum Gasteiger partial charge on any atom is -0.371 e.